The number of amides is 1. The number of hydrogen-bond acceptors (Lipinski definition) is 3. The number of aliphatic hydroxyl groups is 1. The van der Waals surface area contributed by atoms with Crippen molar-refractivity contribution in [3.05, 3.63) is 17.0 Å². The van der Waals surface area contributed by atoms with Crippen LogP contribution in [0.5, 0.6) is 0 Å². The standard InChI is InChI=1S/C14H23N3O2/c1-9-11(10(2)17-16-9)7-13(19)15-12-5-4-6-14(12,3)8-18/h12,18H,4-8H2,1-3H3,(H,15,19)(H,16,17)/t12-,14+/m0/s1. The number of aryl methyl sites for hydroxylation is 2. The van der Waals surface area contributed by atoms with Gasteiger partial charge in [-0.15, -0.1) is 0 Å². The lowest BCUT2D eigenvalue weighted by Gasteiger charge is -2.30. The van der Waals surface area contributed by atoms with Gasteiger partial charge in [0.25, 0.3) is 0 Å². The molecule has 1 aliphatic rings. The highest BCUT2D eigenvalue weighted by atomic mass is 16.3. The largest absolute Gasteiger partial charge is 0.396 e. The van der Waals surface area contributed by atoms with Crippen molar-refractivity contribution in [2.75, 3.05) is 6.61 Å². The summed E-state index contributed by atoms with van der Waals surface area (Å²) < 4.78 is 0. The van der Waals surface area contributed by atoms with Crippen LogP contribution in [-0.2, 0) is 11.2 Å². The minimum atomic E-state index is -0.170. The van der Waals surface area contributed by atoms with Gasteiger partial charge in [-0.05, 0) is 26.7 Å². The Hall–Kier alpha value is -1.36. The number of carbonyl (C=O) groups excluding carboxylic acids is 1. The zero-order valence-corrected chi connectivity index (χ0v) is 11.9. The molecular formula is C14H23N3O2. The summed E-state index contributed by atoms with van der Waals surface area (Å²) in [5.74, 6) is 0.0131. The molecule has 2 rings (SSSR count). The molecule has 0 spiro atoms. The molecule has 3 N–H and O–H groups in total. The molecule has 5 nitrogen and oxygen atoms in total. The number of aromatic nitrogens is 2. The molecular weight excluding hydrogens is 242 g/mol. The zero-order chi connectivity index (χ0) is 14.0. The fourth-order valence-electron chi connectivity index (χ4n) is 2.91. The predicted molar refractivity (Wildman–Crippen MR) is 72.7 cm³/mol. The Kier molecular flexibility index (Phi) is 3.94. The van der Waals surface area contributed by atoms with Crippen molar-refractivity contribution in [3.8, 4) is 0 Å². The summed E-state index contributed by atoms with van der Waals surface area (Å²) in [6.45, 7) is 6.00. The van der Waals surface area contributed by atoms with Crippen LogP contribution in [0.2, 0.25) is 0 Å². The number of H-pyrrole nitrogens is 1. The van der Waals surface area contributed by atoms with Gasteiger partial charge < -0.3 is 10.4 Å². The Labute approximate surface area is 113 Å². The van der Waals surface area contributed by atoms with Crippen LogP contribution in [0.25, 0.3) is 0 Å². The van der Waals surface area contributed by atoms with E-state index in [0.717, 1.165) is 36.2 Å². The van der Waals surface area contributed by atoms with E-state index in [1.807, 2.05) is 20.8 Å². The number of nitrogens with one attached hydrogen (secondary N) is 2. The lowest BCUT2D eigenvalue weighted by molar-refractivity contribution is -0.122. The highest BCUT2D eigenvalue weighted by molar-refractivity contribution is 5.79. The van der Waals surface area contributed by atoms with Crippen molar-refractivity contribution in [1.29, 1.82) is 0 Å². The van der Waals surface area contributed by atoms with Crippen LogP contribution in [-0.4, -0.2) is 33.9 Å². The quantitative estimate of drug-likeness (QED) is 0.766. The number of nitrogens with zero attached hydrogens (tertiary/aromatic N) is 1. The maximum atomic E-state index is 12.1. The van der Waals surface area contributed by atoms with E-state index >= 15 is 0 Å². The summed E-state index contributed by atoms with van der Waals surface area (Å²) in [5.41, 5.74) is 2.63. The molecule has 1 aromatic rings. The van der Waals surface area contributed by atoms with Crippen LogP contribution in [0, 0.1) is 19.3 Å². The average Bonchev–Trinajstić information content (AvgIpc) is 2.88. The average molecular weight is 265 g/mol. The molecule has 0 unspecified atom stereocenters. The minimum absolute atomic E-state index is 0.0131. The van der Waals surface area contributed by atoms with Gasteiger partial charge in [-0.2, -0.15) is 5.10 Å². The Balaban J connectivity index is 1.99. The van der Waals surface area contributed by atoms with Gasteiger partial charge in [-0.25, -0.2) is 0 Å². The van der Waals surface area contributed by atoms with Gasteiger partial charge in [-0.1, -0.05) is 13.3 Å². The van der Waals surface area contributed by atoms with Crippen molar-refractivity contribution in [2.24, 2.45) is 5.41 Å². The molecule has 1 amide bonds. The molecule has 0 saturated heterocycles. The van der Waals surface area contributed by atoms with Crippen LogP contribution >= 0.6 is 0 Å². The van der Waals surface area contributed by atoms with Gasteiger partial charge in [0, 0.05) is 22.7 Å². The Bertz CT molecular complexity index is 450. The number of aromatic amines is 1. The van der Waals surface area contributed by atoms with Crippen LogP contribution in [0.3, 0.4) is 0 Å². The number of hydrogen-bond donors (Lipinski definition) is 3. The smallest absolute Gasteiger partial charge is 0.224 e. The Morgan fingerprint density at radius 2 is 2.32 bits per heavy atom. The molecule has 2 atom stereocenters. The van der Waals surface area contributed by atoms with Crippen LogP contribution in [0.1, 0.15) is 43.1 Å². The number of carbonyl (C=O) groups is 1. The second-order valence-electron chi connectivity index (χ2n) is 5.91. The first kappa shape index (κ1) is 14.1. The third-order valence-electron chi connectivity index (χ3n) is 4.40. The fourth-order valence-corrected chi connectivity index (χ4v) is 2.91. The summed E-state index contributed by atoms with van der Waals surface area (Å²) in [5, 5.41) is 19.6. The van der Waals surface area contributed by atoms with Crippen LogP contribution < -0.4 is 5.32 Å². The second kappa shape index (κ2) is 5.33. The monoisotopic (exact) mass is 265 g/mol. The van der Waals surface area contributed by atoms with Crippen molar-refractivity contribution in [2.45, 2.75) is 52.5 Å². The third-order valence-corrected chi connectivity index (χ3v) is 4.40. The molecule has 106 valence electrons. The SMILES string of the molecule is Cc1n[nH]c(C)c1CC(=O)N[C@H]1CCC[C@]1(C)CO. The van der Waals surface area contributed by atoms with Gasteiger partial charge in [0.15, 0.2) is 0 Å². The molecule has 5 heteroatoms. The molecule has 0 aromatic carbocycles. The van der Waals surface area contributed by atoms with Gasteiger partial charge in [0.05, 0.1) is 18.7 Å². The lowest BCUT2D eigenvalue weighted by atomic mass is 9.85. The lowest BCUT2D eigenvalue weighted by Crippen LogP contribution is -2.45. The maximum absolute atomic E-state index is 12.1. The normalized spacial score (nSPS) is 26.6. The van der Waals surface area contributed by atoms with E-state index in [-0.39, 0.29) is 24.0 Å². The molecule has 1 saturated carbocycles. The van der Waals surface area contributed by atoms with E-state index in [1.165, 1.54) is 0 Å². The number of rotatable bonds is 4. The molecule has 0 bridgehead atoms. The summed E-state index contributed by atoms with van der Waals surface area (Å²) in [6, 6.07) is 0.0810. The van der Waals surface area contributed by atoms with Crippen molar-refractivity contribution >= 4 is 5.91 Å². The first-order valence-electron chi connectivity index (χ1n) is 6.87. The Morgan fingerprint density at radius 3 is 2.89 bits per heavy atom. The molecule has 19 heavy (non-hydrogen) atoms. The van der Waals surface area contributed by atoms with Gasteiger partial charge in [0.1, 0.15) is 0 Å². The van der Waals surface area contributed by atoms with E-state index in [4.69, 9.17) is 0 Å². The molecule has 1 fully saturated rings. The van der Waals surface area contributed by atoms with E-state index in [0.29, 0.717) is 6.42 Å². The summed E-state index contributed by atoms with van der Waals surface area (Å²) in [7, 11) is 0. The fraction of sp³-hybridized carbons (Fsp3) is 0.714. The highest BCUT2D eigenvalue weighted by Gasteiger charge is 2.39. The van der Waals surface area contributed by atoms with Gasteiger partial charge in [-0.3, -0.25) is 9.89 Å². The molecule has 0 radical (unpaired) electrons. The molecule has 1 heterocycles. The van der Waals surface area contributed by atoms with Gasteiger partial charge in [0.2, 0.25) is 5.91 Å². The molecule has 1 aromatic heterocycles. The first-order chi connectivity index (χ1) is 8.96. The minimum Gasteiger partial charge on any atom is -0.396 e. The number of aliphatic hydroxyl groups excluding tert-OH is 1. The summed E-state index contributed by atoms with van der Waals surface area (Å²) in [4.78, 5) is 12.1. The summed E-state index contributed by atoms with van der Waals surface area (Å²) in [6.07, 6.45) is 3.34. The second-order valence-corrected chi connectivity index (χ2v) is 5.91. The van der Waals surface area contributed by atoms with E-state index in [1.54, 1.807) is 0 Å². The van der Waals surface area contributed by atoms with Crippen molar-refractivity contribution in [3.63, 3.8) is 0 Å². The molecule has 1 aliphatic carbocycles. The third kappa shape index (κ3) is 2.81. The zero-order valence-electron chi connectivity index (χ0n) is 11.9. The summed E-state index contributed by atoms with van der Waals surface area (Å²) >= 11 is 0. The van der Waals surface area contributed by atoms with Crippen molar-refractivity contribution < 1.29 is 9.90 Å². The van der Waals surface area contributed by atoms with Crippen molar-refractivity contribution in [1.82, 2.24) is 15.5 Å². The van der Waals surface area contributed by atoms with Crippen LogP contribution in [0.15, 0.2) is 0 Å². The highest BCUT2D eigenvalue weighted by Crippen LogP contribution is 2.37. The van der Waals surface area contributed by atoms with Crippen LogP contribution in [0.4, 0.5) is 0 Å². The first-order valence-corrected chi connectivity index (χ1v) is 6.87. The van der Waals surface area contributed by atoms with Gasteiger partial charge >= 0.3 is 0 Å². The van der Waals surface area contributed by atoms with E-state index in [9.17, 15) is 9.90 Å². The van der Waals surface area contributed by atoms with E-state index < -0.39 is 0 Å². The Morgan fingerprint density at radius 1 is 1.58 bits per heavy atom. The maximum Gasteiger partial charge on any atom is 0.224 e. The predicted octanol–water partition coefficient (Wildman–Crippen LogP) is 1.24. The molecule has 0 aliphatic heterocycles. The topological polar surface area (TPSA) is 78.0 Å². The van der Waals surface area contributed by atoms with E-state index in [2.05, 4.69) is 15.5 Å².